The topological polar surface area (TPSA) is 88.3 Å². The number of nitrogens with one attached hydrogen (secondary N) is 1. The Labute approximate surface area is 165 Å². The minimum atomic E-state index is -0.425. The van der Waals surface area contributed by atoms with Gasteiger partial charge >= 0.3 is 0 Å². The van der Waals surface area contributed by atoms with Gasteiger partial charge in [0.2, 0.25) is 0 Å². The second kappa shape index (κ2) is 7.28. The maximum Gasteiger partial charge on any atom is 0.271 e. The molecule has 0 aliphatic heterocycles. The zero-order valence-corrected chi connectivity index (χ0v) is 15.8. The van der Waals surface area contributed by atoms with Crippen molar-refractivity contribution < 1.29 is 10.0 Å². The van der Waals surface area contributed by atoms with Gasteiger partial charge in [0.15, 0.2) is 0 Å². The van der Waals surface area contributed by atoms with Crippen molar-refractivity contribution >= 4 is 33.6 Å². The summed E-state index contributed by atoms with van der Waals surface area (Å²) in [5, 5.41) is 28.2. The van der Waals surface area contributed by atoms with Gasteiger partial charge in [-0.15, -0.1) is 11.3 Å². The summed E-state index contributed by atoms with van der Waals surface area (Å²) in [4.78, 5) is 16.1. The van der Waals surface area contributed by atoms with Crippen LogP contribution in [-0.4, -0.2) is 15.0 Å². The number of benzene rings is 2. The van der Waals surface area contributed by atoms with Crippen molar-refractivity contribution in [3.05, 3.63) is 92.3 Å². The number of nitro groups is 1. The van der Waals surface area contributed by atoms with Crippen LogP contribution >= 0.6 is 11.3 Å². The van der Waals surface area contributed by atoms with Crippen molar-refractivity contribution in [1.29, 1.82) is 0 Å². The van der Waals surface area contributed by atoms with Crippen molar-refractivity contribution in [2.75, 3.05) is 5.32 Å². The Morgan fingerprint density at radius 3 is 2.71 bits per heavy atom. The average molecular weight is 391 g/mol. The number of hydrogen-bond donors (Lipinski definition) is 2. The van der Waals surface area contributed by atoms with Gasteiger partial charge in [-0.1, -0.05) is 30.3 Å². The van der Waals surface area contributed by atoms with Gasteiger partial charge in [0.05, 0.1) is 11.0 Å². The molecule has 140 valence electrons. The SMILES string of the molecule is Cc1ccc2ccc(C(Nc3cccc([N+](=O)[O-])c3)c3cccs3)c(O)c2n1. The lowest BCUT2D eigenvalue weighted by molar-refractivity contribution is -0.384. The highest BCUT2D eigenvalue weighted by atomic mass is 32.1. The van der Waals surface area contributed by atoms with Gasteiger partial charge in [0.1, 0.15) is 11.3 Å². The molecule has 7 heteroatoms. The predicted molar refractivity (Wildman–Crippen MR) is 111 cm³/mol. The molecule has 1 atom stereocenters. The van der Waals surface area contributed by atoms with E-state index in [9.17, 15) is 15.2 Å². The summed E-state index contributed by atoms with van der Waals surface area (Å²) in [5.41, 5.74) is 2.64. The molecule has 2 N–H and O–H groups in total. The monoisotopic (exact) mass is 391 g/mol. The standard InChI is InChI=1S/C21H17N3O3S/c1-13-7-8-14-9-10-17(21(25)19(14)22-13)20(18-6-3-11-28-18)23-15-4-2-5-16(12-15)24(26)27/h2-12,20,23,25H,1H3. The first-order valence-corrected chi connectivity index (χ1v) is 9.54. The lowest BCUT2D eigenvalue weighted by Gasteiger charge is -2.21. The fourth-order valence-electron chi connectivity index (χ4n) is 3.15. The largest absolute Gasteiger partial charge is 0.505 e. The van der Waals surface area contributed by atoms with Crippen molar-refractivity contribution in [3.63, 3.8) is 0 Å². The number of pyridine rings is 1. The molecule has 2 heterocycles. The van der Waals surface area contributed by atoms with Crippen LogP contribution < -0.4 is 5.32 Å². The third-order valence-electron chi connectivity index (χ3n) is 4.51. The number of aryl methyl sites for hydroxylation is 1. The number of phenolic OH excluding ortho intramolecular Hbond substituents is 1. The fourth-order valence-corrected chi connectivity index (χ4v) is 3.95. The van der Waals surface area contributed by atoms with Crippen LogP contribution in [-0.2, 0) is 0 Å². The van der Waals surface area contributed by atoms with E-state index in [2.05, 4.69) is 10.3 Å². The van der Waals surface area contributed by atoms with Crippen LogP contribution in [0, 0.1) is 17.0 Å². The van der Waals surface area contributed by atoms with Gasteiger partial charge in [0, 0.05) is 39.3 Å². The molecular formula is C21H17N3O3S. The van der Waals surface area contributed by atoms with Crippen molar-refractivity contribution in [2.45, 2.75) is 13.0 Å². The van der Waals surface area contributed by atoms with E-state index in [-0.39, 0.29) is 17.5 Å². The van der Waals surface area contributed by atoms with Crippen LogP contribution in [0.1, 0.15) is 22.2 Å². The Kier molecular flexibility index (Phi) is 4.67. The van der Waals surface area contributed by atoms with Gasteiger partial charge in [0.25, 0.3) is 5.69 Å². The number of thiophene rings is 1. The number of nitrogens with zero attached hydrogens (tertiary/aromatic N) is 2. The van der Waals surface area contributed by atoms with Gasteiger partial charge in [-0.2, -0.15) is 0 Å². The van der Waals surface area contributed by atoms with Crippen LogP contribution in [0.3, 0.4) is 0 Å². The Balaban J connectivity index is 1.82. The van der Waals surface area contributed by atoms with Gasteiger partial charge in [-0.3, -0.25) is 10.1 Å². The number of non-ortho nitro benzene ring substituents is 1. The van der Waals surface area contributed by atoms with Crippen LogP contribution in [0.5, 0.6) is 5.75 Å². The zero-order chi connectivity index (χ0) is 19.7. The van der Waals surface area contributed by atoms with Crippen LogP contribution in [0.25, 0.3) is 10.9 Å². The number of phenols is 1. The summed E-state index contributed by atoms with van der Waals surface area (Å²) in [6.45, 7) is 1.88. The quantitative estimate of drug-likeness (QED) is 0.350. The normalized spacial score (nSPS) is 12.0. The number of aromatic nitrogens is 1. The van der Waals surface area contributed by atoms with E-state index in [1.54, 1.807) is 23.5 Å². The van der Waals surface area contributed by atoms with Gasteiger partial charge < -0.3 is 10.4 Å². The Morgan fingerprint density at radius 2 is 1.96 bits per heavy atom. The molecule has 0 saturated carbocycles. The van der Waals surface area contributed by atoms with E-state index in [0.29, 0.717) is 16.8 Å². The summed E-state index contributed by atoms with van der Waals surface area (Å²) in [6.07, 6.45) is 0. The zero-order valence-electron chi connectivity index (χ0n) is 15.0. The fraction of sp³-hybridized carbons (Fsp3) is 0.0952. The number of nitro benzene ring substituents is 1. The summed E-state index contributed by atoms with van der Waals surface area (Å²) in [6, 6.07) is 17.5. The summed E-state index contributed by atoms with van der Waals surface area (Å²) in [7, 11) is 0. The molecule has 0 aliphatic carbocycles. The molecule has 4 aromatic rings. The third-order valence-corrected chi connectivity index (χ3v) is 5.45. The molecule has 2 aromatic carbocycles. The number of aromatic hydroxyl groups is 1. The summed E-state index contributed by atoms with van der Waals surface area (Å²) < 4.78 is 0. The van der Waals surface area contributed by atoms with E-state index in [4.69, 9.17) is 0 Å². The second-order valence-electron chi connectivity index (χ2n) is 6.43. The first-order valence-electron chi connectivity index (χ1n) is 8.66. The molecule has 6 nitrogen and oxygen atoms in total. The Morgan fingerprint density at radius 1 is 1.14 bits per heavy atom. The van der Waals surface area contributed by atoms with Crippen molar-refractivity contribution in [1.82, 2.24) is 4.98 Å². The first-order chi connectivity index (χ1) is 13.5. The van der Waals surface area contributed by atoms with Crippen molar-refractivity contribution in [2.24, 2.45) is 0 Å². The smallest absolute Gasteiger partial charge is 0.271 e. The molecule has 0 saturated heterocycles. The highest BCUT2D eigenvalue weighted by Crippen LogP contribution is 2.38. The van der Waals surface area contributed by atoms with Gasteiger partial charge in [-0.25, -0.2) is 4.98 Å². The first kappa shape index (κ1) is 17.9. The molecule has 1 unspecified atom stereocenters. The maximum absolute atomic E-state index is 11.1. The number of fused-ring (bicyclic) bond motifs is 1. The minimum Gasteiger partial charge on any atom is -0.505 e. The molecule has 0 radical (unpaired) electrons. The molecule has 0 fully saturated rings. The Bertz CT molecular complexity index is 1160. The van der Waals surface area contributed by atoms with E-state index in [1.807, 2.05) is 48.7 Å². The Hall–Kier alpha value is -3.45. The molecule has 0 spiro atoms. The lowest BCUT2D eigenvalue weighted by atomic mass is 10.0. The van der Waals surface area contributed by atoms with Crippen LogP contribution in [0.15, 0.2) is 66.0 Å². The summed E-state index contributed by atoms with van der Waals surface area (Å²) in [5.74, 6) is 0.109. The molecule has 28 heavy (non-hydrogen) atoms. The molecule has 0 bridgehead atoms. The molecule has 0 aliphatic rings. The van der Waals surface area contributed by atoms with Gasteiger partial charge in [-0.05, 0) is 30.5 Å². The third kappa shape index (κ3) is 3.39. The minimum absolute atomic E-state index is 0.00922. The highest BCUT2D eigenvalue weighted by molar-refractivity contribution is 7.10. The number of rotatable bonds is 5. The van der Waals surface area contributed by atoms with Crippen molar-refractivity contribution in [3.8, 4) is 5.75 Å². The molecule has 4 rings (SSSR count). The molecule has 2 aromatic heterocycles. The van der Waals surface area contributed by atoms with Crippen LogP contribution in [0.2, 0.25) is 0 Å². The highest BCUT2D eigenvalue weighted by Gasteiger charge is 2.21. The van der Waals surface area contributed by atoms with E-state index in [1.165, 1.54) is 12.1 Å². The van der Waals surface area contributed by atoms with Crippen LogP contribution in [0.4, 0.5) is 11.4 Å². The second-order valence-corrected chi connectivity index (χ2v) is 7.41. The molecular weight excluding hydrogens is 374 g/mol. The van der Waals surface area contributed by atoms with E-state index >= 15 is 0 Å². The summed E-state index contributed by atoms with van der Waals surface area (Å²) >= 11 is 1.54. The molecule has 0 amide bonds. The van der Waals surface area contributed by atoms with E-state index in [0.717, 1.165) is 16.0 Å². The lowest BCUT2D eigenvalue weighted by Crippen LogP contribution is -2.11. The number of hydrogen-bond acceptors (Lipinski definition) is 6. The average Bonchev–Trinajstić information content (AvgIpc) is 3.22. The number of anilines is 1. The van der Waals surface area contributed by atoms with E-state index < -0.39 is 4.92 Å². The predicted octanol–water partition coefficient (Wildman–Crippen LogP) is 5.42. The maximum atomic E-state index is 11.1.